The molecule has 0 saturated carbocycles. The highest BCUT2D eigenvalue weighted by Crippen LogP contribution is 2.21. The van der Waals surface area contributed by atoms with Crippen molar-refractivity contribution in [2.75, 3.05) is 13.2 Å². The standard InChI is InChI=1S/C13H25N3O/c1-5-9-14-13(12(6-2)17-7-3)11-8-10-15-16(11)4/h8,10,12-14H,5-7,9H2,1-4H3. The molecule has 98 valence electrons. The van der Waals surface area contributed by atoms with Crippen LogP contribution in [0.3, 0.4) is 0 Å². The lowest BCUT2D eigenvalue weighted by Gasteiger charge is -2.27. The number of aromatic nitrogens is 2. The van der Waals surface area contributed by atoms with Crippen molar-refractivity contribution < 1.29 is 4.74 Å². The maximum absolute atomic E-state index is 5.83. The van der Waals surface area contributed by atoms with E-state index in [1.165, 1.54) is 5.69 Å². The minimum atomic E-state index is 0.210. The molecule has 0 aromatic carbocycles. The second-order valence-corrected chi connectivity index (χ2v) is 4.21. The Morgan fingerprint density at radius 3 is 2.65 bits per heavy atom. The smallest absolute Gasteiger partial charge is 0.0782 e. The summed E-state index contributed by atoms with van der Waals surface area (Å²) in [6.07, 6.45) is 4.17. The molecule has 0 aliphatic rings. The Morgan fingerprint density at radius 1 is 1.41 bits per heavy atom. The Morgan fingerprint density at radius 2 is 2.18 bits per heavy atom. The van der Waals surface area contributed by atoms with Crippen molar-refractivity contribution in [3.05, 3.63) is 18.0 Å². The number of nitrogens with one attached hydrogen (secondary N) is 1. The van der Waals surface area contributed by atoms with Crippen molar-refractivity contribution in [3.63, 3.8) is 0 Å². The number of aryl methyl sites for hydroxylation is 1. The molecule has 0 fully saturated rings. The molecule has 1 aromatic heterocycles. The molecule has 0 aliphatic heterocycles. The zero-order valence-corrected chi connectivity index (χ0v) is 11.4. The zero-order valence-electron chi connectivity index (χ0n) is 11.4. The van der Waals surface area contributed by atoms with Crippen LogP contribution in [-0.4, -0.2) is 29.0 Å². The summed E-state index contributed by atoms with van der Waals surface area (Å²) in [4.78, 5) is 0. The number of hydrogen-bond acceptors (Lipinski definition) is 3. The van der Waals surface area contributed by atoms with E-state index < -0.39 is 0 Å². The van der Waals surface area contributed by atoms with Gasteiger partial charge < -0.3 is 10.1 Å². The van der Waals surface area contributed by atoms with E-state index in [4.69, 9.17) is 4.74 Å². The van der Waals surface area contributed by atoms with Crippen molar-refractivity contribution in [3.8, 4) is 0 Å². The third kappa shape index (κ3) is 3.82. The van der Waals surface area contributed by atoms with Crippen molar-refractivity contribution in [2.45, 2.75) is 45.8 Å². The van der Waals surface area contributed by atoms with Gasteiger partial charge in [-0.05, 0) is 32.4 Å². The largest absolute Gasteiger partial charge is 0.376 e. The van der Waals surface area contributed by atoms with Gasteiger partial charge in [0.1, 0.15) is 0 Å². The Bertz CT molecular complexity index is 311. The first-order valence-electron chi connectivity index (χ1n) is 6.57. The van der Waals surface area contributed by atoms with Gasteiger partial charge in [-0.1, -0.05) is 13.8 Å². The predicted molar refractivity (Wildman–Crippen MR) is 69.9 cm³/mol. The highest BCUT2D eigenvalue weighted by Gasteiger charge is 2.23. The Hall–Kier alpha value is -0.870. The van der Waals surface area contributed by atoms with Crippen LogP contribution in [0, 0.1) is 0 Å². The van der Waals surface area contributed by atoms with Gasteiger partial charge in [-0.15, -0.1) is 0 Å². The normalized spacial score (nSPS) is 14.8. The predicted octanol–water partition coefficient (Wildman–Crippen LogP) is 2.28. The van der Waals surface area contributed by atoms with Crippen LogP contribution in [0.25, 0.3) is 0 Å². The van der Waals surface area contributed by atoms with Crippen LogP contribution in [0.5, 0.6) is 0 Å². The van der Waals surface area contributed by atoms with Gasteiger partial charge in [-0.25, -0.2) is 0 Å². The van der Waals surface area contributed by atoms with E-state index in [0.717, 1.165) is 26.0 Å². The van der Waals surface area contributed by atoms with E-state index in [2.05, 4.69) is 30.3 Å². The van der Waals surface area contributed by atoms with Crippen molar-refractivity contribution in [1.29, 1.82) is 0 Å². The van der Waals surface area contributed by atoms with Gasteiger partial charge in [-0.2, -0.15) is 5.10 Å². The fraction of sp³-hybridized carbons (Fsp3) is 0.769. The van der Waals surface area contributed by atoms with E-state index in [-0.39, 0.29) is 12.1 Å². The average Bonchev–Trinajstić information content (AvgIpc) is 2.75. The van der Waals surface area contributed by atoms with Crippen molar-refractivity contribution >= 4 is 0 Å². The average molecular weight is 239 g/mol. The Kier molecular flexibility index (Phi) is 6.22. The van der Waals surface area contributed by atoms with Crippen LogP contribution in [-0.2, 0) is 11.8 Å². The minimum Gasteiger partial charge on any atom is -0.376 e. The molecule has 1 aromatic rings. The maximum atomic E-state index is 5.83. The lowest BCUT2D eigenvalue weighted by atomic mass is 10.0. The molecule has 1 rings (SSSR count). The van der Waals surface area contributed by atoms with Crippen LogP contribution >= 0.6 is 0 Å². The summed E-state index contributed by atoms with van der Waals surface area (Å²) in [6.45, 7) is 8.13. The fourth-order valence-corrected chi connectivity index (χ4v) is 2.08. The van der Waals surface area contributed by atoms with Crippen LogP contribution < -0.4 is 5.32 Å². The summed E-state index contributed by atoms with van der Waals surface area (Å²) in [5.74, 6) is 0. The topological polar surface area (TPSA) is 39.1 Å². The minimum absolute atomic E-state index is 0.210. The summed E-state index contributed by atoms with van der Waals surface area (Å²) in [5.41, 5.74) is 1.19. The Labute approximate surface area is 104 Å². The van der Waals surface area contributed by atoms with Crippen LogP contribution in [0.4, 0.5) is 0 Å². The highest BCUT2D eigenvalue weighted by atomic mass is 16.5. The van der Waals surface area contributed by atoms with Gasteiger partial charge in [0, 0.05) is 19.9 Å². The molecule has 2 atom stereocenters. The molecule has 0 bridgehead atoms. The van der Waals surface area contributed by atoms with Gasteiger partial charge >= 0.3 is 0 Å². The number of ether oxygens (including phenoxy) is 1. The molecule has 1 N–H and O–H groups in total. The summed E-state index contributed by atoms with van der Waals surface area (Å²) in [7, 11) is 1.98. The third-order valence-electron chi connectivity index (χ3n) is 2.95. The van der Waals surface area contributed by atoms with E-state index in [1.54, 1.807) is 0 Å². The molecule has 0 amide bonds. The van der Waals surface area contributed by atoms with Gasteiger partial charge in [0.05, 0.1) is 17.8 Å². The molecule has 0 spiro atoms. The molecule has 4 nitrogen and oxygen atoms in total. The first-order chi connectivity index (χ1) is 8.24. The molecule has 0 aliphatic carbocycles. The molecule has 4 heteroatoms. The number of hydrogen-bond donors (Lipinski definition) is 1. The summed E-state index contributed by atoms with van der Waals surface area (Å²) >= 11 is 0. The first-order valence-corrected chi connectivity index (χ1v) is 6.57. The van der Waals surface area contributed by atoms with Gasteiger partial charge in [0.2, 0.25) is 0 Å². The maximum Gasteiger partial charge on any atom is 0.0782 e. The number of nitrogens with zero attached hydrogens (tertiary/aromatic N) is 2. The van der Waals surface area contributed by atoms with Crippen LogP contribution in [0.2, 0.25) is 0 Å². The van der Waals surface area contributed by atoms with Crippen LogP contribution in [0.1, 0.15) is 45.3 Å². The van der Waals surface area contributed by atoms with E-state index >= 15 is 0 Å². The molecule has 2 unspecified atom stereocenters. The molecular formula is C13H25N3O. The van der Waals surface area contributed by atoms with Gasteiger partial charge in [0.25, 0.3) is 0 Å². The van der Waals surface area contributed by atoms with E-state index in [1.807, 2.05) is 24.9 Å². The molecule has 0 saturated heterocycles. The fourth-order valence-electron chi connectivity index (χ4n) is 2.08. The summed E-state index contributed by atoms with van der Waals surface area (Å²) in [6, 6.07) is 2.29. The molecular weight excluding hydrogens is 214 g/mol. The summed E-state index contributed by atoms with van der Waals surface area (Å²) < 4.78 is 7.75. The molecule has 0 radical (unpaired) electrons. The van der Waals surface area contributed by atoms with E-state index in [0.29, 0.717) is 0 Å². The van der Waals surface area contributed by atoms with E-state index in [9.17, 15) is 0 Å². The quantitative estimate of drug-likeness (QED) is 0.756. The highest BCUT2D eigenvalue weighted by molar-refractivity contribution is 5.09. The zero-order chi connectivity index (χ0) is 12.7. The van der Waals surface area contributed by atoms with Crippen molar-refractivity contribution in [1.82, 2.24) is 15.1 Å². The first kappa shape index (κ1) is 14.2. The Balaban J connectivity index is 2.82. The lowest BCUT2D eigenvalue weighted by molar-refractivity contribution is 0.0294. The monoisotopic (exact) mass is 239 g/mol. The lowest BCUT2D eigenvalue weighted by Crippen LogP contribution is -2.35. The van der Waals surface area contributed by atoms with Gasteiger partial charge in [-0.3, -0.25) is 4.68 Å². The second kappa shape index (κ2) is 7.45. The number of rotatable bonds is 8. The molecule has 17 heavy (non-hydrogen) atoms. The molecule has 1 heterocycles. The van der Waals surface area contributed by atoms with Gasteiger partial charge in [0.15, 0.2) is 0 Å². The summed E-state index contributed by atoms with van der Waals surface area (Å²) in [5, 5.41) is 7.81. The van der Waals surface area contributed by atoms with Crippen LogP contribution in [0.15, 0.2) is 12.3 Å². The van der Waals surface area contributed by atoms with Crippen molar-refractivity contribution in [2.24, 2.45) is 7.05 Å². The second-order valence-electron chi connectivity index (χ2n) is 4.21. The third-order valence-corrected chi connectivity index (χ3v) is 2.95. The SMILES string of the molecule is CCCNC(c1ccnn1C)C(CC)OCC.